The summed E-state index contributed by atoms with van der Waals surface area (Å²) in [6.45, 7) is 2.69. The minimum absolute atomic E-state index is 0.217. The quantitative estimate of drug-likeness (QED) is 0.224. The minimum Gasteiger partial charge on any atom is -0.493 e. The summed E-state index contributed by atoms with van der Waals surface area (Å²) in [5.74, 6) is -0.246. The lowest BCUT2D eigenvalue weighted by molar-refractivity contribution is 0.0499. The van der Waals surface area contributed by atoms with E-state index >= 15 is 0 Å². The molecule has 0 fully saturated rings. The van der Waals surface area contributed by atoms with E-state index in [-0.39, 0.29) is 18.1 Å². The number of carboxylic acids is 1. The molecule has 3 rings (SSSR count). The second kappa shape index (κ2) is 12.2. The van der Waals surface area contributed by atoms with Gasteiger partial charge in [0, 0.05) is 11.8 Å². The molecule has 0 bridgehead atoms. The maximum Gasteiger partial charge on any atom is 0.338 e. The normalized spacial score (nSPS) is 10.8. The maximum absolute atomic E-state index is 12.0. The molecular weight excluding hydrogens is 434 g/mol. The highest BCUT2D eigenvalue weighted by Gasteiger charge is 2.11. The first-order valence-corrected chi connectivity index (χ1v) is 10.9. The van der Waals surface area contributed by atoms with Crippen molar-refractivity contribution >= 4 is 23.8 Å². The molecule has 0 aliphatic heterocycles. The van der Waals surface area contributed by atoms with E-state index in [0.29, 0.717) is 34.9 Å². The van der Waals surface area contributed by atoms with Crippen LogP contribution in [0.25, 0.3) is 0 Å². The number of carboxylic acid groups (broad SMARTS) is 1. The molecule has 0 radical (unpaired) electrons. The second-order valence-electron chi connectivity index (χ2n) is 7.46. The molecule has 34 heavy (non-hydrogen) atoms. The Bertz CT molecular complexity index is 1140. The molecule has 0 heterocycles. The molecule has 0 aliphatic carbocycles. The Hall–Kier alpha value is -4.13. The van der Waals surface area contributed by atoms with Crippen molar-refractivity contribution in [3.05, 3.63) is 89.0 Å². The number of unbranched alkanes of at least 4 members (excludes halogenated alkanes) is 1. The summed E-state index contributed by atoms with van der Waals surface area (Å²) in [5, 5.41) is 9.04. The molecule has 0 amide bonds. The highest BCUT2D eigenvalue weighted by Crippen LogP contribution is 2.31. The molecule has 0 aliphatic rings. The van der Waals surface area contributed by atoms with E-state index in [1.807, 2.05) is 19.1 Å². The fourth-order valence-corrected chi connectivity index (χ4v) is 3.07. The summed E-state index contributed by atoms with van der Waals surface area (Å²) in [7, 11) is 1.56. The number of benzene rings is 3. The third kappa shape index (κ3) is 6.68. The van der Waals surface area contributed by atoms with Crippen LogP contribution < -0.4 is 9.47 Å². The number of esters is 1. The predicted molar refractivity (Wildman–Crippen MR) is 130 cm³/mol. The number of methoxy groups -OCH3 is 1. The van der Waals surface area contributed by atoms with Gasteiger partial charge in [0.05, 0.1) is 30.5 Å². The molecule has 1 N–H and O–H groups in total. The van der Waals surface area contributed by atoms with E-state index in [0.717, 1.165) is 18.4 Å². The number of aliphatic imine (C=N–C) groups is 1. The molecule has 0 atom stereocenters. The summed E-state index contributed by atoms with van der Waals surface area (Å²) < 4.78 is 16.7. The van der Waals surface area contributed by atoms with Gasteiger partial charge in [0.1, 0.15) is 6.61 Å². The van der Waals surface area contributed by atoms with Crippen LogP contribution in [0.15, 0.2) is 71.7 Å². The van der Waals surface area contributed by atoms with Crippen molar-refractivity contribution in [1.82, 2.24) is 0 Å². The van der Waals surface area contributed by atoms with E-state index in [9.17, 15) is 9.59 Å². The van der Waals surface area contributed by atoms with Gasteiger partial charge < -0.3 is 19.3 Å². The Labute approximate surface area is 198 Å². The van der Waals surface area contributed by atoms with Gasteiger partial charge in [-0.3, -0.25) is 4.99 Å². The summed E-state index contributed by atoms with van der Waals surface area (Å²) in [4.78, 5) is 27.6. The molecule has 0 spiro atoms. The fraction of sp³-hybridized carbons (Fsp3) is 0.222. The fourth-order valence-electron chi connectivity index (χ4n) is 3.07. The lowest BCUT2D eigenvalue weighted by Gasteiger charge is -2.13. The summed E-state index contributed by atoms with van der Waals surface area (Å²) in [6.07, 6.45) is 3.47. The van der Waals surface area contributed by atoms with Gasteiger partial charge in [0.2, 0.25) is 0 Å². The summed E-state index contributed by atoms with van der Waals surface area (Å²) in [5.41, 5.74) is 2.90. The average molecular weight is 462 g/mol. The number of rotatable bonds is 11. The van der Waals surface area contributed by atoms with E-state index in [4.69, 9.17) is 19.3 Å². The van der Waals surface area contributed by atoms with Crippen LogP contribution in [0.1, 0.15) is 51.6 Å². The van der Waals surface area contributed by atoms with Crippen LogP contribution >= 0.6 is 0 Å². The van der Waals surface area contributed by atoms with Crippen molar-refractivity contribution in [3.8, 4) is 11.5 Å². The Morgan fingerprint density at radius 3 is 2.32 bits per heavy atom. The molecular formula is C27H27NO6. The SMILES string of the molecule is CCCCOC(=O)c1ccc(N=Cc2cccc(OC)c2OCc2ccc(C(=O)O)cc2)cc1. The standard InChI is InChI=1S/C27H27NO6/c1-3-4-16-33-27(31)21-12-14-23(15-13-21)28-17-22-6-5-7-24(32-2)25(22)34-18-19-8-10-20(11-9-19)26(29)30/h5-15,17H,3-4,16,18H2,1-2H3,(H,29,30). The molecule has 176 valence electrons. The maximum atomic E-state index is 12.0. The zero-order valence-corrected chi connectivity index (χ0v) is 19.2. The van der Waals surface area contributed by atoms with Gasteiger partial charge in [-0.25, -0.2) is 9.59 Å². The second-order valence-corrected chi connectivity index (χ2v) is 7.46. The number of aromatic carboxylic acids is 1. The first kappa shape index (κ1) is 24.5. The average Bonchev–Trinajstić information content (AvgIpc) is 2.86. The number of ether oxygens (including phenoxy) is 3. The Morgan fingerprint density at radius 1 is 0.971 bits per heavy atom. The predicted octanol–water partition coefficient (Wildman–Crippen LogP) is 5.68. The van der Waals surface area contributed by atoms with E-state index in [2.05, 4.69) is 4.99 Å². The number of hydrogen-bond acceptors (Lipinski definition) is 6. The van der Waals surface area contributed by atoms with Crippen LogP contribution in [-0.2, 0) is 11.3 Å². The number of hydrogen-bond donors (Lipinski definition) is 1. The van der Waals surface area contributed by atoms with E-state index < -0.39 is 5.97 Å². The van der Waals surface area contributed by atoms with Crippen LogP contribution in [0.2, 0.25) is 0 Å². The first-order valence-electron chi connectivity index (χ1n) is 10.9. The van der Waals surface area contributed by atoms with Crippen LogP contribution in [0.5, 0.6) is 11.5 Å². The van der Waals surface area contributed by atoms with Gasteiger partial charge in [-0.15, -0.1) is 0 Å². The Balaban J connectivity index is 1.72. The van der Waals surface area contributed by atoms with E-state index in [1.54, 1.807) is 55.8 Å². The van der Waals surface area contributed by atoms with Crippen molar-refractivity contribution in [2.24, 2.45) is 4.99 Å². The number of para-hydroxylation sites is 1. The third-order valence-corrected chi connectivity index (χ3v) is 5.00. The van der Waals surface area contributed by atoms with Gasteiger partial charge in [-0.05, 0) is 60.5 Å². The largest absolute Gasteiger partial charge is 0.493 e. The lowest BCUT2D eigenvalue weighted by Crippen LogP contribution is -2.05. The number of carbonyl (C=O) groups excluding carboxylic acids is 1. The van der Waals surface area contributed by atoms with Crippen molar-refractivity contribution in [2.75, 3.05) is 13.7 Å². The summed E-state index contributed by atoms with van der Waals surface area (Å²) >= 11 is 0. The Kier molecular flexibility index (Phi) is 8.80. The Morgan fingerprint density at radius 2 is 1.68 bits per heavy atom. The highest BCUT2D eigenvalue weighted by atomic mass is 16.5. The van der Waals surface area contributed by atoms with Crippen LogP contribution in [0.4, 0.5) is 5.69 Å². The third-order valence-electron chi connectivity index (χ3n) is 5.00. The molecule has 0 saturated carbocycles. The zero-order chi connectivity index (χ0) is 24.3. The van der Waals surface area contributed by atoms with Crippen molar-refractivity contribution in [1.29, 1.82) is 0 Å². The van der Waals surface area contributed by atoms with Crippen molar-refractivity contribution in [3.63, 3.8) is 0 Å². The number of nitrogens with zero attached hydrogens (tertiary/aromatic N) is 1. The molecule has 7 heteroatoms. The van der Waals surface area contributed by atoms with Crippen molar-refractivity contribution < 1.29 is 28.9 Å². The van der Waals surface area contributed by atoms with Gasteiger partial charge >= 0.3 is 11.9 Å². The molecule has 0 aromatic heterocycles. The summed E-state index contributed by atoms with van der Waals surface area (Å²) in [6, 6.07) is 18.8. The van der Waals surface area contributed by atoms with Crippen LogP contribution in [0.3, 0.4) is 0 Å². The number of carbonyl (C=O) groups is 2. The molecule has 0 unspecified atom stereocenters. The van der Waals surface area contributed by atoms with Gasteiger partial charge in [0.15, 0.2) is 11.5 Å². The smallest absolute Gasteiger partial charge is 0.338 e. The monoisotopic (exact) mass is 461 g/mol. The van der Waals surface area contributed by atoms with Crippen LogP contribution in [-0.4, -0.2) is 37.0 Å². The minimum atomic E-state index is -0.975. The zero-order valence-electron chi connectivity index (χ0n) is 19.2. The molecule has 3 aromatic rings. The van der Waals surface area contributed by atoms with Gasteiger partial charge in [-0.1, -0.05) is 31.5 Å². The van der Waals surface area contributed by atoms with Gasteiger partial charge in [-0.2, -0.15) is 0 Å². The van der Waals surface area contributed by atoms with Gasteiger partial charge in [0.25, 0.3) is 0 Å². The van der Waals surface area contributed by atoms with Crippen molar-refractivity contribution in [2.45, 2.75) is 26.4 Å². The van der Waals surface area contributed by atoms with E-state index in [1.165, 1.54) is 12.1 Å². The lowest BCUT2D eigenvalue weighted by atomic mass is 10.1. The first-order chi connectivity index (χ1) is 16.5. The van der Waals surface area contributed by atoms with Crippen LogP contribution in [0, 0.1) is 0 Å². The molecule has 0 saturated heterocycles. The highest BCUT2D eigenvalue weighted by molar-refractivity contribution is 5.90. The molecule has 7 nitrogen and oxygen atoms in total. The topological polar surface area (TPSA) is 94.4 Å². The molecule has 3 aromatic carbocycles.